The largest absolute Gasteiger partial charge is 0.388 e. The molecule has 0 aromatic carbocycles. The van der Waals surface area contributed by atoms with Gasteiger partial charge in [0.15, 0.2) is 0 Å². The molecular formula is C11H17N3OS. The molecule has 0 atom stereocenters. The summed E-state index contributed by atoms with van der Waals surface area (Å²) in [6, 6.07) is 5.59. The maximum atomic E-state index is 5.50. The smallest absolute Gasteiger partial charge is 0.126 e. The summed E-state index contributed by atoms with van der Waals surface area (Å²) in [6.07, 6.45) is 2.09. The second-order valence-electron chi connectivity index (χ2n) is 3.40. The first kappa shape index (κ1) is 12.9. The highest BCUT2D eigenvalue weighted by atomic mass is 32.1. The highest BCUT2D eigenvalue weighted by Gasteiger charge is 1.99. The van der Waals surface area contributed by atoms with E-state index in [0.717, 1.165) is 31.8 Å². The second kappa shape index (κ2) is 7.14. The van der Waals surface area contributed by atoms with Gasteiger partial charge in [-0.05, 0) is 25.0 Å². The fourth-order valence-electron chi connectivity index (χ4n) is 1.26. The number of methoxy groups -OCH3 is 1. The van der Waals surface area contributed by atoms with Gasteiger partial charge in [0, 0.05) is 20.3 Å². The van der Waals surface area contributed by atoms with Gasteiger partial charge in [-0.3, -0.25) is 0 Å². The van der Waals surface area contributed by atoms with Gasteiger partial charge < -0.3 is 15.8 Å². The SMILES string of the molecule is COCCCCNc1cccc(C(N)=S)n1. The fraction of sp³-hybridized carbons (Fsp3) is 0.455. The van der Waals surface area contributed by atoms with Gasteiger partial charge in [-0.2, -0.15) is 0 Å². The summed E-state index contributed by atoms with van der Waals surface area (Å²) in [4.78, 5) is 4.60. The Morgan fingerprint density at radius 2 is 2.31 bits per heavy atom. The molecule has 0 aliphatic heterocycles. The molecule has 0 unspecified atom stereocenters. The number of nitrogens with zero attached hydrogens (tertiary/aromatic N) is 1. The van der Waals surface area contributed by atoms with E-state index in [1.54, 1.807) is 13.2 Å². The van der Waals surface area contributed by atoms with Crippen LogP contribution in [-0.2, 0) is 4.74 Å². The van der Waals surface area contributed by atoms with Crippen LogP contribution < -0.4 is 11.1 Å². The third kappa shape index (κ3) is 4.55. The van der Waals surface area contributed by atoms with Gasteiger partial charge in [0.2, 0.25) is 0 Å². The predicted molar refractivity (Wildman–Crippen MR) is 69.7 cm³/mol. The lowest BCUT2D eigenvalue weighted by molar-refractivity contribution is 0.194. The fourth-order valence-corrected chi connectivity index (χ4v) is 1.37. The molecule has 3 N–H and O–H groups in total. The Morgan fingerprint density at radius 1 is 1.50 bits per heavy atom. The topological polar surface area (TPSA) is 60.2 Å². The molecule has 1 aromatic rings. The number of unbranched alkanes of at least 4 members (excludes halogenated alkanes) is 1. The van der Waals surface area contributed by atoms with Crippen molar-refractivity contribution in [2.24, 2.45) is 5.73 Å². The van der Waals surface area contributed by atoms with E-state index in [4.69, 9.17) is 22.7 Å². The van der Waals surface area contributed by atoms with Gasteiger partial charge in [0.25, 0.3) is 0 Å². The molecule has 16 heavy (non-hydrogen) atoms. The average Bonchev–Trinajstić information content (AvgIpc) is 2.29. The lowest BCUT2D eigenvalue weighted by atomic mass is 10.3. The van der Waals surface area contributed by atoms with Crippen molar-refractivity contribution in [3.05, 3.63) is 23.9 Å². The van der Waals surface area contributed by atoms with Crippen molar-refractivity contribution in [3.63, 3.8) is 0 Å². The highest BCUT2D eigenvalue weighted by molar-refractivity contribution is 7.80. The summed E-state index contributed by atoms with van der Waals surface area (Å²) >= 11 is 4.86. The Labute approximate surface area is 101 Å². The molecule has 0 fully saturated rings. The molecule has 5 heteroatoms. The molecule has 1 aromatic heterocycles. The molecule has 0 amide bonds. The van der Waals surface area contributed by atoms with Gasteiger partial charge in [-0.25, -0.2) is 4.98 Å². The number of nitrogens with two attached hydrogens (primary N) is 1. The zero-order valence-electron chi connectivity index (χ0n) is 9.40. The number of rotatable bonds is 7. The zero-order valence-corrected chi connectivity index (χ0v) is 10.2. The van der Waals surface area contributed by atoms with Crippen molar-refractivity contribution < 1.29 is 4.74 Å². The van der Waals surface area contributed by atoms with Crippen molar-refractivity contribution >= 4 is 23.0 Å². The van der Waals surface area contributed by atoms with E-state index in [2.05, 4.69) is 10.3 Å². The number of nitrogens with one attached hydrogen (secondary N) is 1. The van der Waals surface area contributed by atoms with Crippen LogP contribution >= 0.6 is 12.2 Å². The molecule has 0 radical (unpaired) electrons. The normalized spacial score (nSPS) is 10.1. The lowest BCUT2D eigenvalue weighted by Gasteiger charge is -2.06. The first-order valence-corrected chi connectivity index (χ1v) is 5.64. The van der Waals surface area contributed by atoms with Crippen LogP contribution in [0.3, 0.4) is 0 Å². The van der Waals surface area contributed by atoms with Crippen LogP contribution in [0.1, 0.15) is 18.5 Å². The van der Waals surface area contributed by atoms with Crippen molar-refractivity contribution in [2.45, 2.75) is 12.8 Å². The van der Waals surface area contributed by atoms with Gasteiger partial charge in [0.05, 0.1) is 5.69 Å². The van der Waals surface area contributed by atoms with Crippen molar-refractivity contribution in [1.82, 2.24) is 4.98 Å². The van der Waals surface area contributed by atoms with E-state index in [1.165, 1.54) is 0 Å². The van der Waals surface area contributed by atoms with Crippen molar-refractivity contribution in [3.8, 4) is 0 Å². The number of pyridine rings is 1. The molecule has 0 spiro atoms. The van der Waals surface area contributed by atoms with Crippen LogP contribution in [-0.4, -0.2) is 30.2 Å². The Bertz CT molecular complexity index is 344. The van der Waals surface area contributed by atoms with Gasteiger partial charge in [0.1, 0.15) is 10.8 Å². The molecule has 0 aliphatic carbocycles. The Morgan fingerprint density at radius 3 is 3.00 bits per heavy atom. The third-order valence-corrected chi connectivity index (χ3v) is 2.29. The quantitative estimate of drug-likeness (QED) is 0.558. The van der Waals surface area contributed by atoms with E-state index < -0.39 is 0 Å². The lowest BCUT2D eigenvalue weighted by Crippen LogP contribution is -2.13. The summed E-state index contributed by atoms with van der Waals surface area (Å²) in [5.41, 5.74) is 6.15. The number of aromatic nitrogens is 1. The minimum atomic E-state index is 0.322. The summed E-state index contributed by atoms with van der Waals surface area (Å²) in [5, 5.41) is 3.22. The number of thiocarbonyl (C=S) groups is 1. The maximum Gasteiger partial charge on any atom is 0.126 e. The Balaban J connectivity index is 2.36. The molecular weight excluding hydrogens is 222 g/mol. The van der Waals surface area contributed by atoms with Crippen LogP contribution in [0.2, 0.25) is 0 Å². The Hall–Kier alpha value is -1.20. The second-order valence-corrected chi connectivity index (χ2v) is 3.84. The Kier molecular flexibility index (Phi) is 5.74. The molecule has 0 aliphatic rings. The van der Waals surface area contributed by atoms with E-state index in [-0.39, 0.29) is 0 Å². The highest BCUT2D eigenvalue weighted by Crippen LogP contribution is 2.05. The van der Waals surface area contributed by atoms with Crippen molar-refractivity contribution in [2.75, 3.05) is 25.6 Å². The van der Waals surface area contributed by atoms with E-state index >= 15 is 0 Å². The van der Waals surface area contributed by atoms with Gasteiger partial charge in [-0.15, -0.1) is 0 Å². The van der Waals surface area contributed by atoms with Crippen LogP contribution in [0.25, 0.3) is 0 Å². The molecule has 0 saturated carbocycles. The molecule has 1 heterocycles. The summed E-state index contributed by atoms with van der Waals surface area (Å²) < 4.78 is 4.97. The summed E-state index contributed by atoms with van der Waals surface area (Å²) in [7, 11) is 1.71. The first-order valence-electron chi connectivity index (χ1n) is 5.23. The van der Waals surface area contributed by atoms with Crippen LogP contribution in [0.15, 0.2) is 18.2 Å². The molecule has 0 saturated heterocycles. The van der Waals surface area contributed by atoms with Crippen LogP contribution in [0, 0.1) is 0 Å². The number of anilines is 1. The minimum absolute atomic E-state index is 0.322. The van der Waals surface area contributed by atoms with E-state index in [1.807, 2.05) is 12.1 Å². The van der Waals surface area contributed by atoms with Crippen LogP contribution in [0.4, 0.5) is 5.82 Å². The first-order chi connectivity index (χ1) is 7.74. The van der Waals surface area contributed by atoms with Crippen molar-refractivity contribution in [1.29, 1.82) is 0 Å². The molecule has 88 valence electrons. The monoisotopic (exact) mass is 239 g/mol. The number of ether oxygens (including phenoxy) is 1. The minimum Gasteiger partial charge on any atom is -0.388 e. The summed E-state index contributed by atoms with van der Waals surface area (Å²) in [6.45, 7) is 1.67. The van der Waals surface area contributed by atoms with Crippen LogP contribution in [0.5, 0.6) is 0 Å². The average molecular weight is 239 g/mol. The standard InChI is InChI=1S/C11H17N3OS/c1-15-8-3-2-7-13-10-6-4-5-9(14-10)11(12)16/h4-6H,2-3,7-8H2,1H3,(H2,12,16)(H,13,14). The summed E-state index contributed by atoms with van der Waals surface area (Å²) in [5.74, 6) is 0.808. The molecule has 4 nitrogen and oxygen atoms in total. The third-order valence-electron chi connectivity index (χ3n) is 2.08. The van der Waals surface area contributed by atoms with Gasteiger partial charge >= 0.3 is 0 Å². The van der Waals surface area contributed by atoms with E-state index in [0.29, 0.717) is 10.7 Å². The number of hydrogen-bond acceptors (Lipinski definition) is 4. The number of hydrogen-bond donors (Lipinski definition) is 2. The zero-order chi connectivity index (χ0) is 11.8. The van der Waals surface area contributed by atoms with E-state index in [9.17, 15) is 0 Å². The molecule has 1 rings (SSSR count). The molecule has 0 bridgehead atoms. The predicted octanol–water partition coefficient (Wildman–Crippen LogP) is 1.55. The maximum absolute atomic E-state index is 5.50. The van der Waals surface area contributed by atoms with Gasteiger partial charge in [-0.1, -0.05) is 18.3 Å².